The van der Waals surface area contributed by atoms with E-state index in [9.17, 15) is 0 Å². The highest BCUT2D eigenvalue weighted by Gasteiger charge is 2.07. The number of aromatic nitrogens is 4. The lowest BCUT2D eigenvalue weighted by Crippen LogP contribution is -2.16. The molecule has 2 heterocycles. The summed E-state index contributed by atoms with van der Waals surface area (Å²) in [5.74, 6) is 1.20. The lowest BCUT2D eigenvalue weighted by atomic mass is 10.3. The number of hydrogen-bond acceptors (Lipinski definition) is 5. The average molecular weight is 249 g/mol. The van der Waals surface area contributed by atoms with Gasteiger partial charge in [-0.1, -0.05) is 6.92 Å². The summed E-state index contributed by atoms with van der Waals surface area (Å²) in [6.45, 7) is 5.10. The number of aryl methyl sites for hydroxylation is 1. The maximum Gasteiger partial charge on any atom is 0.240 e. The van der Waals surface area contributed by atoms with Gasteiger partial charge in [0.15, 0.2) is 5.76 Å². The zero-order chi connectivity index (χ0) is 12.6. The Kier molecular flexibility index (Phi) is 4.89. The van der Waals surface area contributed by atoms with Gasteiger partial charge in [-0.25, -0.2) is 0 Å². The summed E-state index contributed by atoms with van der Waals surface area (Å²) in [5.41, 5.74) is 0. The van der Waals surface area contributed by atoms with E-state index in [4.69, 9.17) is 4.42 Å². The van der Waals surface area contributed by atoms with Gasteiger partial charge in [0, 0.05) is 0 Å². The molecule has 2 rings (SSSR count). The van der Waals surface area contributed by atoms with Crippen LogP contribution in [-0.2, 0) is 6.54 Å². The highest BCUT2D eigenvalue weighted by Crippen LogP contribution is 2.12. The summed E-state index contributed by atoms with van der Waals surface area (Å²) in [4.78, 5) is 1.62. The van der Waals surface area contributed by atoms with Gasteiger partial charge < -0.3 is 9.73 Å². The maximum absolute atomic E-state index is 5.21. The molecule has 0 aliphatic rings. The summed E-state index contributed by atoms with van der Waals surface area (Å²) in [7, 11) is 0. The van der Waals surface area contributed by atoms with E-state index in [0.29, 0.717) is 11.6 Å². The molecule has 2 aromatic rings. The molecule has 0 unspecified atom stereocenters. The van der Waals surface area contributed by atoms with Crippen LogP contribution in [0.2, 0.25) is 0 Å². The van der Waals surface area contributed by atoms with Crippen LogP contribution < -0.4 is 5.32 Å². The molecule has 18 heavy (non-hydrogen) atoms. The molecule has 0 aliphatic carbocycles. The van der Waals surface area contributed by atoms with Crippen LogP contribution in [0.25, 0.3) is 11.6 Å². The van der Waals surface area contributed by atoms with Crippen LogP contribution in [0.5, 0.6) is 0 Å². The summed E-state index contributed by atoms with van der Waals surface area (Å²) in [6, 6.07) is 3.64. The van der Waals surface area contributed by atoms with Crippen LogP contribution in [0.3, 0.4) is 0 Å². The zero-order valence-electron chi connectivity index (χ0n) is 10.7. The molecule has 0 radical (unpaired) electrons. The molecule has 0 bridgehead atoms. The molecule has 0 saturated heterocycles. The third-order valence-electron chi connectivity index (χ3n) is 2.58. The highest BCUT2D eigenvalue weighted by molar-refractivity contribution is 5.43. The largest absolute Gasteiger partial charge is 0.461 e. The van der Waals surface area contributed by atoms with Crippen molar-refractivity contribution in [3.8, 4) is 11.6 Å². The fraction of sp³-hybridized carbons (Fsp3) is 0.583. The van der Waals surface area contributed by atoms with E-state index in [0.717, 1.165) is 32.5 Å². The van der Waals surface area contributed by atoms with E-state index >= 15 is 0 Å². The Hall–Kier alpha value is -1.69. The molecule has 0 aliphatic heterocycles. The quantitative estimate of drug-likeness (QED) is 0.721. The number of hydrogen-bond donors (Lipinski definition) is 1. The van der Waals surface area contributed by atoms with Gasteiger partial charge in [-0.05, 0) is 49.7 Å². The van der Waals surface area contributed by atoms with Crippen LogP contribution >= 0.6 is 0 Å². The second kappa shape index (κ2) is 6.90. The first-order valence-corrected chi connectivity index (χ1v) is 6.42. The second-order valence-electron chi connectivity index (χ2n) is 4.14. The predicted octanol–water partition coefficient (Wildman–Crippen LogP) is 1.71. The topological polar surface area (TPSA) is 68.8 Å². The summed E-state index contributed by atoms with van der Waals surface area (Å²) in [5, 5.41) is 15.6. The van der Waals surface area contributed by atoms with Crippen LogP contribution in [0.4, 0.5) is 0 Å². The van der Waals surface area contributed by atoms with E-state index in [-0.39, 0.29) is 0 Å². The van der Waals surface area contributed by atoms with Crippen LogP contribution in [0.1, 0.15) is 26.2 Å². The molecule has 0 atom stereocenters. The lowest BCUT2D eigenvalue weighted by Gasteiger charge is -2.01. The van der Waals surface area contributed by atoms with Gasteiger partial charge in [-0.3, -0.25) is 0 Å². The summed E-state index contributed by atoms with van der Waals surface area (Å²) >= 11 is 0. The fourth-order valence-corrected chi connectivity index (χ4v) is 1.65. The SMILES string of the molecule is CCCNCCCCn1nnc(-c2ccco2)n1. The molecule has 1 N–H and O–H groups in total. The van der Waals surface area contributed by atoms with Crippen molar-refractivity contribution in [3.05, 3.63) is 18.4 Å². The minimum absolute atomic E-state index is 0.545. The third kappa shape index (κ3) is 3.66. The number of nitrogens with zero attached hydrogens (tertiary/aromatic N) is 4. The molecule has 0 amide bonds. The summed E-state index contributed by atoms with van der Waals surface area (Å²) < 4.78 is 5.21. The molecular formula is C12H19N5O. The normalized spacial score (nSPS) is 10.9. The molecule has 6 nitrogen and oxygen atoms in total. The molecule has 0 spiro atoms. The third-order valence-corrected chi connectivity index (χ3v) is 2.58. The van der Waals surface area contributed by atoms with Crippen molar-refractivity contribution in [2.45, 2.75) is 32.7 Å². The Bertz CT molecular complexity index is 437. The number of tetrazole rings is 1. The van der Waals surface area contributed by atoms with Gasteiger partial charge in [0.2, 0.25) is 5.82 Å². The Morgan fingerprint density at radius 2 is 2.28 bits per heavy atom. The van der Waals surface area contributed by atoms with Gasteiger partial charge in [0.1, 0.15) is 0 Å². The second-order valence-corrected chi connectivity index (χ2v) is 4.14. The molecule has 0 fully saturated rings. The van der Waals surface area contributed by atoms with Crippen molar-refractivity contribution in [2.75, 3.05) is 13.1 Å². The van der Waals surface area contributed by atoms with Crippen molar-refractivity contribution in [1.29, 1.82) is 0 Å². The number of nitrogens with one attached hydrogen (secondary N) is 1. The van der Waals surface area contributed by atoms with Crippen molar-refractivity contribution < 1.29 is 4.42 Å². The Morgan fingerprint density at radius 1 is 1.33 bits per heavy atom. The summed E-state index contributed by atoms with van der Waals surface area (Å²) in [6.07, 6.45) is 4.95. The first-order chi connectivity index (χ1) is 8.90. The minimum atomic E-state index is 0.545. The van der Waals surface area contributed by atoms with Crippen LogP contribution in [0.15, 0.2) is 22.8 Å². The van der Waals surface area contributed by atoms with Gasteiger partial charge in [-0.2, -0.15) is 4.80 Å². The molecular weight excluding hydrogens is 230 g/mol. The monoisotopic (exact) mass is 249 g/mol. The van der Waals surface area contributed by atoms with Gasteiger partial charge in [0.25, 0.3) is 0 Å². The van der Waals surface area contributed by atoms with E-state index in [2.05, 4.69) is 27.7 Å². The number of rotatable bonds is 8. The van der Waals surface area contributed by atoms with Crippen molar-refractivity contribution in [3.63, 3.8) is 0 Å². The maximum atomic E-state index is 5.21. The average Bonchev–Trinajstić information content (AvgIpc) is 3.03. The van der Waals surface area contributed by atoms with Crippen molar-refractivity contribution in [1.82, 2.24) is 25.5 Å². The molecule has 6 heteroatoms. The van der Waals surface area contributed by atoms with E-state index in [1.807, 2.05) is 12.1 Å². The Morgan fingerprint density at radius 3 is 3.06 bits per heavy atom. The number of furan rings is 1. The van der Waals surface area contributed by atoms with Gasteiger partial charge >= 0.3 is 0 Å². The first-order valence-electron chi connectivity index (χ1n) is 6.42. The van der Waals surface area contributed by atoms with Crippen LogP contribution in [-0.4, -0.2) is 33.3 Å². The van der Waals surface area contributed by atoms with Crippen molar-refractivity contribution >= 4 is 0 Å². The standard InChI is InChI=1S/C12H19N5O/c1-2-7-13-8-3-4-9-17-15-12(14-16-17)11-6-5-10-18-11/h5-6,10,13H,2-4,7-9H2,1H3. The van der Waals surface area contributed by atoms with Gasteiger partial charge in [0.05, 0.1) is 12.8 Å². The highest BCUT2D eigenvalue weighted by atomic mass is 16.3. The van der Waals surface area contributed by atoms with Crippen LogP contribution in [0, 0.1) is 0 Å². The van der Waals surface area contributed by atoms with E-state index in [1.165, 1.54) is 6.42 Å². The predicted molar refractivity (Wildman–Crippen MR) is 67.9 cm³/mol. The van der Waals surface area contributed by atoms with Crippen molar-refractivity contribution in [2.24, 2.45) is 0 Å². The van der Waals surface area contributed by atoms with E-state index < -0.39 is 0 Å². The molecule has 2 aromatic heterocycles. The first kappa shape index (κ1) is 12.8. The van der Waals surface area contributed by atoms with Gasteiger partial charge in [-0.15, -0.1) is 10.2 Å². The molecule has 0 aromatic carbocycles. The smallest absolute Gasteiger partial charge is 0.240 e. The minimum Gasteiger partial charge on any atom is -0.461 e. The fourth-order valence-electron chi connectivity index (χ4n) is 1.65. The molecule has 98 valence electrons. The lowest BCUT2D eigenvalue weighted by molar-refractivity contribution is 0.478. The Labute approximate surface area is 106 Å². The zero-order valence-corrected chi connectivity index (χ0v) is 10.7. The molecule has 0 saturated carbocycles. The van der Waals surface area contributed by atoms with E-state index in [1.54, 1.807) is 11.1 Å². The number of unbranched alkanes of at least 4 members (excludes halogenated alkanes) is 1. The Balaban J connectivity index is 1.71.